The summed E-state index contributed by atoms with van der Waals surface area (Å²) in [4.78, 5) is 0. The maximum absolute atomic E-state index is 6.10. The molecule has 0 unspecified atom stereocenters. The van der Waals surface area contributed by atoms with Crippen molar-refractivity contribution < 1.29 is 0 Å². The third-order valence-corrected chi connectivity index (χ3v) is 2.59. The lowest BCUT2D eigenvalue weighted by atomic mass is 10.0. The number of hydrogen-bond donors (Lipinski definition) is 1. The van der Waals surface area contributed by atoms with E-state index < -0.39 is 0 Å². The molecule has 15 heavy (non-hydrogen) atoms. The maximum Gasteiger partial charge on any atom is 0.0467 e. The number of allylic oxidation sites excluding steroid dienone is 1. The van der Waals surface area contributed by atoms with Gasteiger partial charge in [0.15, 0.2) is 0 Å². The zero-order valence-corrected chi connectivity index (χ0v) is 10.1. The topological polar surface area (TPSA) is 26.0 Å². The van der Waals surface area contributed by atoms with E-state index in [4.69, 9.17) is 5.73 Å². The summed E-state index contributed by atoms with van der Waals surface area (Å²) < 4.78 is 1.07. The second-order valence-electron chi connectivity index (χ2n) is 3.52. The zero-order valence-electron chi connectivity index (χ0n) is 8.50. The zero-order chi connectivity index (χ0) is 10.8. The van der Waals surface area contributed by atoms with Gasteiger partial charge in [-0.25, -0.2) is 0 Å². The molecule has 0 aliphatic carbocycles. The minimum Gasteiger partial charge on any atom is -0.398 e. The molecule has 2 rings (SSSR count). The number of nitrogens with two attached hydrogens (primary N) is 1. The van der Waals surface area contributed by atoms with Gasteiger partial charge in [-0.1, -0.05) is 52.3 Å². The van der Waals surface area contributed by atoms with Crippen molar-refractivity contribution in [2.75, 3.05) is 5.73 Å². The fraction of sp³-hybridized carbons (Fsp3) is 0.0769. The Bertz CT molecular complexity index is 525. The predicted molar refractivity (Wildman–Crippen MR) is 70.9 cm³/mol. The van der Waals surface area contributed by atoms with Crippen LogP contribution in [0.3, 0.4) is 0 Å². The monoisotopic (exact) mass is 261 g/mol. The molecule has 0 fully saturated rings. The van der Waals surface area contributed by atoms with Gasteiger partial charge in [0, 0.05) is 11.1 Å². The number of rotatable bonds is 1. The molecule has 0 aliphatic rings. The van der Waals surface area contributed by atoms with Crippen molar-refractivity contribution in [3.05, 3.63) is 46.4 Å². The normalized spacial score (nSPS) is 12.0. The fourth-order valence-electron chi connectivity index (χ4n) is 1.65. The van der Waals surface area contributed by atoms with Gasteiger partial charge in [0.1, 0.15) is 0 Å². The molecular formula is C13H12BrN. The fourth-order valence-corrected chi connectivity index (χ4v) is 1.90. The van der Waals surface area contributed by atoms with Gasteiger partial charge in [-0.15, -0.1) is 0 Å². The van der Waals surface area contributed by atoms with Crippen LogP contribution in [0.15, 0.2) is 40.9 Å². The molecule has 76 valence electrons. The van der Waals surface area contributed by atoms with Crippen LogP contribution in [0.1, 0.15) is 12.5 Å². The first-order valence-electron chi connectivity index (χ1n) is 4.79. The molecule has 2 aromatic carbocycles. The van der Waals surface area contributed by atoms with Crippen molar-refractivity contribution in [2.24, 2.45) is 0 Å². The number of nitrogen functional groups attached to an aromatic ring is 1. The van der Waals surface area contributed by atoms with Crippen molar-refractivity contribution in [1.82, 2.24) is 0 Å². The molecule has 0 atom stereocenters. The molecule has 2 N–H and O–H groups in total. The average molecular weight is 262 g/mol. The van der Waals surface area contributed by atoms with E-state index in [2.05, 4.69) is 28.1 Å². The van der Waals surface area contributed by atoms with Crippen molar-refractivity contribution in [1.29, 1.82) is 0 Å². The summed E-state index contributed by atoms with van der Waals surface area (Å²) >= 11 is 3.41. The second kappa shape index (κ2) is 4.07. The standard InChI is InChI=1S/C13H12BrN/c1-9(14)8-11-7-6-10-4-2-3-5-12(10)13(11)15/h2-8H,15H2,1H3/b9-8-. The first kappa shape index (κ1) is 10.2. The summed E-state index contributed by atoms with van der Waals surface area (Å²) in [7, 11) is 0. The minimum absolute atomic E-state index is 0.840. The van der Waals surface area contributed by atoms with Crippen molar-refractivity contribution in [2.45, 2.75) is 6.92 Å². The van der Waals surface area contributed by atoms with Crippen LogP contribution < -0.4 is 5.73 Å². The molecule has 1 nitrogen and oxygen atoms in total. The number of hydrogen-bond acceptors (Lipinski definition) is 1. The minimum atomic E-state index is 0.840. The lowest BCUT2D eigenvalue weighted by Gasteiger charge is -2.05. The van der Waals surface area contributed by atoms with E-state index in [1.807, 2.05) is 37.3 Å². The Hall–Kier alpha value is -1.28. The van der Waals surface area contributed by atoms with Crippen LogP contribution >= 0.6 is 15.9 Å². The van der Waals surface area contributed by atoms with Crippen LogP contribution in [0.5, 0.6) is 0 Å². The number of fused-ring (bicyclic) bond motifs is 1. The largest absolute Gasteiger partial charge is 0.398 e. The summed E-state index contributed by atoms with van der Waals surface area (Å²) in [6.45, 7) is 1.99. The smallest absolute Gasteiger partial charge is 0.0467 e. The molecule has 0 aliphatic heterocycles. The number of halogens is 1. The molecule has 0 radical (unpaired) electrons. The molecule has 2 aromatic rings. The van der Waals surface area contributed by atoms with Crippen LogP contribution in [0.4, 0.5) is 5.69 Å². The Morgan fingerprint density at radius 3 is 2.67 bits per heavy atom. The van der Waals surface area contributed by atoms with Gasteiger partial charge >= 0.3 is 0 Å². The van der Waals surface area contributed by atoms with Crippen molar-refractivity contribution in [3.8, 4) is 0 Å². The van der Waals surface area contributed by atoms with Crippen molar-refractivity contribution in [3.63, 3.8) is 0 Å². The highest BCUT2D eigenvalue weighted by Crippen LogP contribution is 2.26. The van der Waals surface area contributed by atoms with Gasteiger partial charge in [-0.2, -0.15) is 0 Å². The summed E-state index contributed by atoms with van der Waals surface area (Å²) in [5.41, 5.74) is 8.00. The highest BCUT2D eigenvalue weighted by atomic mass is 79.9. The van der Waals surface area contributed by atoms with E-state index >= 15 is 0 Å². The van der Waals surface area contributed by atoms with Crippen molar-refractivity contribution >= 4 is 38.5 Å². The van der Waals surface area contributed by atoms with Crippen LogP contribution in [-0.4, -0.2) is 0 Å². The van der Waals surface area contributed by atoms with Gasteiger partial charge in [0.05, 0.1) is 0 Å². The first-order valence-corrected chi connectivity index (χ1v) is 5.59. The Morgan fingerprint density at radius 2 is 1.93 bits per heavy atom. The average Bonchev–Trinajstić information content (AvgIpc) is 2.22. The van der Waals surface area contributed by atoms with Gasteiger partial charge < -0.3 is 5.73 Å². The quantitative estimate of drug-likeness (QED) is 0.766. The van der Waals surface area contributed by atoms with Gasteiger partial charge in [-0.3, -0.25) is 0 Å². The number of anilines is 1. The van der Waals surface area contributed by atoms with Gasteiger partial charge in [0.2, 0.25) is 0 Å². The molecule has 0 aromatic heterocycles. The van der Waals surface area contributed by atoms with E-state index in [0.29, 0.717) is 0 Å². The van der Waals surface area contributed by atoms with Crippen LogP contribution in [0.25, 0.3) is 16.8 Å². The molecule has 0 bridgehead atoms. The summed E-state index contributed by atoms with van der Waals surface area (Å²) in [6, 6.07) is 12.3. The third kappa shape index (κ3) is 2.05. The molecule has 0 saturated carbocycles. The van der Waals surface area contributed by atoms with E-state index in [1.54, 1.807) is 0 Å². The van der Waals surface area contributed by atoms with Gasteiger partial charge in [-0.05, 0) is 28.4 Å². The molecule has 2 heteroatoms. The first-order chi connectivity index (χ1) is 7.18. The SMILES string of the molecule is C/C(Br)=C/c1ccc2ccccc2c1N. The highest BCUT2D eigenvalue weighted by Gasteiger charge is 2.01. The number of benzene rings is 2. The Balaban J connectivity index is 2.70. The van der Waals surface area contributed by atoms with E-state index in [-0.39, 0.29) is 0 Å². The molecular weight excluding hydrogens is 250 g/mol. The predicted octanol–water partition coefficient (Wildman–Crippen LogP) is 4.18. The molecule has 0 amide bonds. The maximum atomic E-state index is 6.10. The lowest BCUT2D eigenvalue weighted by Crippen LogP contribution is -1.91. The van der Waals surface area contributed by atoms with E-state index in [1.165, 1.54) is 5.39 Å². The highest BCUT2D eigenvalue weighted by molar-refractivity contribution is 9.11. The second-order valence-corrected chi connectivity index (χ2v) is 4.77. The van der Waals surface area contributed by atoms with E-state index in [0.717, 1.165) is 21.1 Å². The Labute approximate surface area is 97.7 Å². The Morgan fingerprint density at radius 1 is 1.20 bits per heavy atom. The molecule has 0 heterocycles. The summed E-state index contributed by atoms with van der Waals surface area (Å²) in [5, 5.41) is 2.29. The Kier molecular flexibility index (Phi) is 2.78. The summed E-state index contributed by atoms with van der Waals surface area (Å²) in [6.07, 6.45) is 2.03. The molecule has 0 spiro atoms. The van der Waals surface area contributed by atoms with Crippen LogP contribution in [0, 0.1) is 0 Å². The third-order valence-electron chi connectivity index (χ3n) is 2.36. The van der Waals surface area contributed by atoms with Crippen LogP contribution in [0.2, 0.25) is 0 Å². The van der Waals surface area contributed by atoms with E-state index in [9.17, 15) is 0 Å². The lowest BCUT2D eigenvalue weighted by molar-refractivity contribution is 1.66. The van der Waals surface area contributed by atoms with Crippen LogP contribution in [-0.2, 0) is 0 Å². The summed E-state index contributed by atoms with van der Waals surface area (Å²) in [5.74, 6) is 0. The van der Waals surface area contributed by atoms with Gasteiger partial charge in [0.25, 0.3) is 0 Å². The molecule has 0 saturated heterocycles.